The van der Waals surface area contributed by atoms with Gasteiger partial charge in [-0.05, 0) is 24.3 Å². The van der Waals surface area contributed by atoms with Crippen LogP contribution in [0.25, 0.3) is 11.4 Å². The van der Waals surface area contributed by atoms with Gasteiger partial charge in [-0.15, -0.1) is 0 Å². The molecule has 3 N–H and O–H groups in total. The van der Waals surface area contributed by atoms with Crippen molar-refractivity contribution in [2.24, 2.45) is 5.73 Å². The molecule has 0 aliphatic rings. The van der Waals surface area contributed by atoms with Crippen molar-refractivity contribution in [1.29, 1.82) is 0 Å². The number of benzene rings is 1. The van der Waals surface area contributed by atoms with E-state index in [4.69, 9.17) is 10.5 Å². The number of hydrogen-bond acceptors (Lipinski definition) is 3. The van der Waals surface area contributed by atoms with E-state index in [1.165, 1.54) is 12.1 Å². The first-order chi connectivity index (χ1) is 8.24. The monoisotopic (exact) mass is 235 g/mol. The third-order valence-corrected chi connectivity index (χ3v) is 2.46. The first-order valence-electron chi connectivity index (χ1n) is 5.27. The smallest absolute Gasteiger partial charge is 0.137 e. The summed E-state index contributed by atoms with van der Waals surface area (Å²) < 4.78 is 17.9. The molecule has 4 nitrogen and oxygen atoms in total. The van der Waals surface area contributed by atoms with Crippen molar-refractivity contribution in [1.82, 2.24) is 9.97 Å². The van der Waals surface area contributed by atoms with Gasteiger partial charge in [0.05, 0.1) is 18.0 Å². The van der Waals surface area contributed by atoms with Gasteiger partial charge in [-0.3, -0.25) is 0 Å². The van der Waals surface area contributed by atoms with E-state index >= 15 is 0 Å². The van der Waals surface area contributed by atoms with Crippen LogP contribution < -0.4 is 5.73 Å². The Morgan fingerprint density at radius 3 is 2.65 bits per heavy atom. The minimum Gasteiger partial charge on any atom is -0.378 e. The van der Waals surface area contributed by atoms with E-state index in [2.05, 4.69) is 9.97 Å². The van der Waals surface area contributed by atoms with Gasteiger partial charge in [-0.1, -0.05) is 0 Å². The summed E-state index contributed by atoms with van der Waals surface area (Å²) in [7, 11) is 1.61. The Hall–Kier alpha value is -1.72. The molecule has 1 heterocycles. The van der Waals surface area contributed by atoms with Gasteiger partial charge in [0.15, 0.2) is 0 Å². The van der Waals surface area contributed by atoms with Gasteiger partial charge in [-0.2, -0.15) is 0 Å². The number of methoxy groups -OCH3 is 1. The fraction of sp³-hybridized carbons (Fsp3) is 0.250. The number of ether oxygens (including phenoxy) is 1. The molecule has 0 atom stereocenters. The number of nitrogens with two attached hydrogens (primary N) is 1. The second kappa shape index (κ2) is 5.07. The summed E-state index contributed by atoms with van der Waals surface area (Å²) in [5, 5.41) is 0. The number of rotatable bonds is 4. The summed E-state index contributed by atoms with van der Waals surface area (Å²) in [6.07, 6.45) is 0. The number of halogens is 1. The van der Waals surface area contributed by atoms with Crippen molar-refractivity contribution in [2.75, 3.05) is 7.11 Å². The van der Waals surface area contributed by atoms with Crippen LogP contribution in [0.2, 0.25) is 0 Å². The number of aromatic nitrogens is 2. The molecule has 0 saturated heterocycles. The zero-order chi connectivity index (χ0) is 12.3. The molecule has 17 heavy (non-hydrogen) atoms. The maximum absolute atomic E-state index is 12.8. The number of imidazole rings is 1. The number of H-pyrrole nitrogens is 1. The summed E-state index contributed by atoms with van der Waals surface area (Å²) in [4.78, 5) is 7.50. The van der Waals surface area contributed by atoms with Crippen LogP contribution in [0.1, 0.15) is 11.4 Å². The molecular weight excluding hydrogens is 221 g/mol. The fourth-order valence-corrected chi connectivity index (χ4v) is 1.62. The zero-order valence-electron chi connectivity index (χ0n) is 9.53. The Morgan fingerprint density at radius 2 is 2.06 bits per heavy atom. The highest BCUT2D eigenvalue weighted by atomic mass is 19.1. The molecule has 0 unspecified atom stereocenters. The molecule has 1 aromatic carbocycles. The molecule has 1 aromatic heterocycles. The van der Waals surface area contributed by atoms with Gasteiger partial charge in [0, 0.05) is 19.2 Å². The average Bonchev–Trinajstić information content (AvgIpc) is 2.74. The zero-order valence-corrected chi connectivity index (χ0v) is 9.53. The number of hydrogen-bond donors (Lipinski definition) is 2. The molecule has 2 aromatic rings. The highest BCUT2D eigenvalue weighted by Gasteiger charge is 2.10. The normalized spacial score (nSPS) is 10.8. The van der Waals surface area contributed by atoms with Crippen LogP contribution in [-0.2, 0) is 17.9 Å². The third kappa shape index (κ3) is 2.51. The molecule has 0 aliphatic carbocycles. The van der Waals surface area contributed by atoms with E-state index in [9.17, 15) is 4.39 Å². The summed E-state index contributed by atoms with van der Waals surface area (Å²) in [5.41, 5.74) is 8.05. The SMILES string of the molecule is COCc1[nH]c(-c2ccc(F)cc2)nc1CN. The average molecular weight is 235 g/mol. The van der Waals surface area contributed by atoms with Crippen LogP contribution >= 0.6 is 0 Å². The lowest BCUT2D eigenvalue weighted by molar-refractivity contribution is 0.181. The fourth-order valence-electron chi connectivity index (χ4n) is 1.62. The molecule has 0 bridgehead atoms. The van der Waals surface area contributed by atoms with Crippen molar-refractivity contribution in [3.05, 3.63) is 41.5 Å². The Balaban J connectivity index is 2.35. The van der Waals surface area contributed by atoms with E-state index in [1.807, 2.05) is 0 Å². The van der Waals surface area contributed by atoms with Gasteiger partial charge in [-0.25, -0.2) is 9.37 Å². The van der Waals surface area contributed by atoms with Crippen LogP contribution in [0.15, 0.2) is 24.3 Å². The molecule has 0 saturated carbocycles. The standard InChI is InChI=1S/C12H14FN3O/c1-17-7-11-10(6-14)15-12(16-11)8-2-4-9(13)5-3-8/h2-5H,6-7,14H2,1H3,(H,15,16). The summed E-state index contributed by atoms with van der Waals surface area (Å²) in [6, 6.07) is 6.14. The van der Waals surface area contributed by atoms with Gasteiger partial charge in [0.1, 0.15) is 11.6 Å². The van der Waals surface area contributed by atoms with E-state index in [0.717, 1.165) is 17.0 Å². The molecule has 2 rings (SSSR count). The predicted molar refractivity (Wildman–Crippen MR) is 62.6 cm³/mol. The lowest BCUT2D eigenvalue weighted by Crippen LogP contribution is -2.01. The lowest BCUT2D eigenvalue weighted by atomic mass is 10.2. The highest BCUT2D eigenvalue weighted by molar-refractivity contribution is 5.55. The molecule has 0 aliphatic heterocycles. The quantitative estimate of drug-likeness (QED) is 0.849. The number of nitrogens with one attached hydrogen (secondary N) is 1. The van der Waals surface area contributed by atoms with Gasteiger partial charge in [0.2, 0.25) is 0 Å². The van der Waals surface area contributed by atoms with Crippen molar-refractivity contribution < 1.29 is 9.13 Å². The van der Waals surface area contributed by atoms with Crippen LogP contribution in [-0.4, -0.2) is 17.1 Å². The summed E-state index contributed by atoms with van der Waals surface area (Å²) in [5.74, 6) is 0.411. The van der Waals surface area contributed by atoms with Crippen molar-refractivity contribution in [3.63, 3.8) is 0 Å². The molecule has 0 spiro atoms. The van der Waals surface area contributed by atoms with Crippen molar-refractivity contribution in [3.8, 4) is 11.4 Å². The molecule has 0 fully saturated rings. The Morgan fingerprint density at radius 1 is 1.35 bits per heavy atom. The van der Waals surface area contributed by atoms with Crippen molar-refractivity contribution in [2.45, 2.75) is 13.2 Å². The maximum Gasteiger partial charge on any atom is 0.137 e. The van der Waals surface area contributed by atoms with E-state index < -0.39 is 0 Å². The van der Waals surface area contributed by atoms with Crippen LogP contribution in [0.5, 0.6) is 0 Å². The first kappa shape index (κ1) is 11.8. The minimum absolute atomic E-state index is 0.267. The molecule has 5 heteroatoms. The first-order valence-corrected chi connectivity index (χ1v) is 5.27. The second-order valence-corrected chi connectivity index (χ2v) is 3.65. The molecule has 90 valence electrons. The third-order valence-electron chi connectivity index (χ3n) is 2.46. The molecule has 0 radical (unpaired) electrons. The van der Waals surface area contributed by atoms with Crippen LogP contribution in [0.3, 0.4) is 0 Å². The molecule has 0 amide bonds. The topological polar surface area (TPSA) is 63.9 Å². The van der Waals surface area contributed by atoms with Gasteiger partial charge in [0.25, 0.3) is 0 Å². The number of aromatic amines is 1. The minimum atomic E-state index is -0.267. The van der Waals surface area contributed by atoms with E-state index in [0.29, 0.717) is 19.0 Å². The van der Waals surface area contributed by atoms with Gasteiger partial charge < -0.3 is 15.5 Å². The predicted octanol–water partition coefficient (Wildman–Crippen LogP) is 1.82. The summed E-state index contributed by atoms with van der Waals surface area (Å²) >= 11 is 0. The second-order valence-electron chi connectivity index (χ2n) is 3.65. The lowest BCUT2D eigenvalue weighted by Gasteiger charge is -1.97. The van der Waals surface area contributed by atoms with Crippen molar-refractivity contribution >= 4 is 0 Å². The maximum atomic E-state index is 12.8. The van der Waals surface area contributed by atoms with E-state index in [1.54, 1.807) is 19.2 Å². The Kier molecular flexibility index (Phi) is 3.51. The van der Waals surface area contributed by atoms with E-state index in [-0.39, 0.29) is 5.82 Å². The van der Waals surface area contributed by atoms with Gasteiger partial charge >= 0.3 is 0 Å². The van der Waals surface area contributed by atoms with Crippen LogP contribution in [0.4, 0.5) is 4.39 Å². The largest absolute Gasteiger partial charge is 0.378 e. The summed E-state index contributed by atoms with van der Waals surface area (Å²) in [6.45, 7) is 0.775. The Labute approximate surface area is 98.6 Å². The van der Waals surface area contributed by atoms with Crippen LogP contribution in [0, 0.1) is 5.82 Å². The number of nitrogens with zero attached hydrogens (tertiary/aromatic N) is 1. The Bertz CT molecular complexity index is 493. The molecular formula is C12H14FN3O. The highest BCUT2D eigenvalue weighted by Crippen LogP contribution is 2.19.